The largest absolute Gasteiger partial charge is 0.479 e. The molecule has 0 radical (unpaired) electrons. The van der Waals surface area contributed by atoms with E-state index >= 15 is 0 Å². The number of hydrogen-bond acceptors (Lipinski definition) is 3. The number of carboxylic acids is 1. The zero-order valence-corrected chi connectivity index (χ0v) is 7.44. The molecule has 2 N–H and O–H groups in total. The van der Waals surface area contributed by atoms with Crippen molar-refractivity contribution in [2.24, 2.45) is 0 Å². The summed E-state index contributed by atoms with van der Waals surface area (Å²) in [6, 6.07) is 3.27. The molecule has 0 spiro atoms. The number of rotatable bonds is 2. The quantitative estimate of drug-likeness (QED) is 0.751. The summed E-state index contributed by atoms with van der Waals surface area (Å²) in [5.74, 6) is -0.599. The van der Waals surface area contributed by atoms with Gasteiger partial charge in [-0.25, -0.2) is 9.78 Å². The second-order valence-corrected chi connectivity index (χ2v) is 2.77. The van der Waals surface area contributed by atoms with Crippen LogP contribution < -0.4 is 4.74 Å². The molecule has 0 amide bonds. The predicted octanol–water partition coefficient (Wildman–Crippen LogP) is 1.27. The van der Waals surface area contributed by atoms with Gasteiger partial charge in [-0.3, -0.25) is 0 Å². The molecule has 5 heteroatoms. The first kappa shape index (κ1) is 8.55. The normalized spacial score (nSPS) is 10.4. The van der Waals surface area contributed by atoms with Gasteiger partial charge in [0.15, 0.2) is 0 Å². The molecule has 0 atom stereocenters. The molecule has 0 aliphatic carbocycles. The van der Waals surface area contributed by atoms with Gasteiger partial charge in [-0.05, 0) is 12.1 Å². The minimum atomic E-state index is -0.997. The monoisotopic (exact) mass is 192 g/mol. The van der Waals surface area contributed by atoms with Crippen molar-refractivity contribution in [3.63, 3.8) is 0 Å². The Morgan fingerprint density at radius 1 is 1.64 bits per heavy atom. The summed E-state index contributed by atoms with van der Waals surface area (Å²) >= 11 is 0. The number of hydrogen-bond donors (Lipinski definition) is 2. The van der Waals surface area contributed by atoms with Gasteiger partial charge >= 0.3 is 5.97 Å². The Kier molecular flexibility index (Phi) is 1.85. The Hall–Kier alpha value is -2.04. The van der Waals surface area contributed by atoms with E-state index in [0.717, 1.165) is 5.39 Å². The third-order valence-corrected chi connectivity index (χ3v) is 1.93. The molecule has 72 valence electrons. The van der Waals surface area contributed by atoms with E-state index in [4.69, 9.17) is 9.84 Å². The average molecular weight is 192 g/mol. The van der Waals surface area contributed by atoms with Gasteiger partial charge in [-0.2, -0.15) is 0 Å². The smallest absolute Gasteiger partial charge is 0.352 e. The summed E-state index contributed by atoms with van der Waals surface area (Å²) in [6.45, 7) is 0. The third kappa shape index (κ3) is 1.19. The van der Waals surface area contributed by atoms with E-state index in [9.17, 15) is 4.79 Å². The molecule has 0 unspecified atom stereocenters. The van der Waals surface area contributed by atoms with E-state index in [1.54, 1.807) is 18.3 Å². The lowest BCUT2D eigenvalue weighted by Gasteiger charge is -1.97. The number of ether oxygens (including phenoxy) is 1. The third-order valence-electron chi connectivity index (χ3n) is 1.93. The molecule has 5 nitrogen and oxygen atoms in total. The van der Waals surface area contributed by atoms with Gasteiger partial charge in [0.2, 0.25) is 5.88 Å². The lowest BCUT2D eigenvalue weighted by molar-refractivity contribution is 0.0691. The minimum absolute atomic E-state index is 0.131. The molecule has 0 aromatic carbocycles. The SMILES string of the molecule is COc1nccc2cc(C(=O)O)[nH]c12. The molecule has 0 aliphatic rings. The number of carbonyl (C=O) groups is 1. The number of nitrogens with one attached hydrogen (secondary N) is 1. The van der Waals surface area contributed by atoms with Crippen LogP contribution in [-0.2, 0) is 0 Å². The van der Waals surface area contributed by atoms with E-state index in [2.05, 4.69) is 9.97 Å². The summed E-state index contributed by atoms with van der Waals surface area (Å²) < 4.78 is 4.99. The fourth-order valence-electron chi connectivity index (χ4n) is 1.30. The van der Waals surface area contributed by atoms with Crippen LogP contribution in [0.3, 0.4) is 0 Å². The summed E-state index contributed by atoms with van der Waals surface area (Å²) in [6.07, 6.45) is 1.57. The van der Waals surface area contributed by atoms with E-state index in [0.29, 0.717) is 11.4 Å². The highest BCUT2D eigenvalue weighted by Gasteiger charge is 2.10. The predicted molar refractivity (Wildman–Crippen MR) is 49.6 cm³/mol. The molecule has 0 aliphatic heterocycles. The van der Waals surface area contributed by atoms with Gasteiger partial charge in [0.05, 0.1) is 7.11 Å². The highest BCUT2D eigenvalue weighted by Crippen LogP contribution is 2.22. The van der Waals surface area contributed by atoms with Crippen molar-refractivity contribution in [3.05, 3.63) is 24.0 Å². The van der Waals surface area contributed by atoms with Crippen LogP contribution in [0.1, 0.15) is 10.5 Å². The first-order valence-corrected chi connectivity index (χ1v) is 3.97. The number of aromatic carboxylic acids is 1. The molecular weight excluding hydrogens is 184 g/mol. The van der Waals surface area contributed by atoms with Crippen molar-refractivity contribution >= 4 is 16.9 Å². The number of aromatic nitrogens is 2. The van der Waals surface area contributed by atoms with Crippen molar-refractivity contribution in [1.29, 1.82) is 0 Å². The summed E-state index contributed by atoms with van der Waals surface area (Å²) in [5.41, 5.74) is 0.735. The lowest BCUT2D eigenvalue weighted by atomic mass is 10.3. The minimum Gasteiger partial charge on any atom is -0.479 e. The van der Waals surface area contributed by atoms with Gasteiger partial charge in [0.25, 0.3) is 0 Å². The fraction of sp³-hybridized carbons (Fsp3) is 0.111. The first-order chi connectivity index (χ1) is 6.72. The van der Waals surface area contributed by atoms with E-state index in [-0.39, 0.29) is 5.69 Å². The molecule has 2 rings (SSSR count). The zero-order chi connectivity index (χ0) is 10.1. The number of aromatic amines is 1. The van der Waals surface area contributed by atoms with E-state index < -0.39 is 5.97 Å². The van der Waals surface area contributed by atoms with Crippen molar-refractivity contribution in [1.82, 2.24) is 9.97 Å². The van der Waals surface area contributed by atoms with Crippen LogP contribution in [0.5, 0.6) is 5.88 Å². The lowest BCUT2D eigenvalue weighted by Crippen LogP contribution is -1.95. The highest BCUT2D eigenvalue weighted by molar-refractivity contribution is 5.95. The summed E-state index contributed by atoms with van der Waals surface area (Å²) in [4.78, 5) is 17.4. The summed E-state index contributed by atoms with van der Waals surface area (Å²) in [7, 11) is 1.49. The molecule has 2 heterocycles. The van der Waals surface area contributed by atoms with Crippen molar-refractivity contribution in [2.75, 3.05) is 7.11 Å². The first-order valence-electron chi connectivity index (χ1n) is 3.97. The van der Waals surface area contributed by atoms with Gasteiger partial charge in [-0.1, -0.05) is 0 Å². The maximum Gasteiger partial charge on any atom is 0.352 e. The van der Waals surface area contributed by atoms with Crippen LogP contribution in [0.15, 0.2) is 18.3 Å². The van der Waals surface area contributed by atoms with E-state index in [1.165, 1.54) is 7.11 Å². The molecule has 0 saturated heterocycles. The molecule has 2 aromatic heterocycles. The second kappa shape index (κ2) is 3.02. The zero-order valence-electron chi connectivity index (χ0n) is 7.44. The molecule has 0 saturated carbocycles. The maximum absolute atomic E-state index is 10.7. The Morgan fingerprint density at radius 3 is 3.07 bits per heavy atom. The van der Waals surface area contributed by atoms with Crippen LogP contribution in [-0.4, -0.2) is 28.2 Å². The molecule has 2 aromatic rings. The fourth-order valence-corrected chi connectivity index (χ4v) is 1.30. The van der Waals surface area contributed by atoms with Crippen LogP contribution in [0.25, 0.3) is 10.9 Å². The highest BCUT2D eigenvalue weighted by atomic mass is 16.5. The summed E-state index contributed by atoms with van der Waals surface area (Å²) in [5, 5.41) is 9.53. The Balaban J connectivity index is 2.70. The number of nitrogens with zero attached hydrogens (tertiary/aromatic N) is 1. The number of pyridine rings is 1. The van der Waals surface area contributed by atoms with Crippen LogP contribution in [0.4, 0.5) is 0 Å². The van der Waals surface area contributed by atoms with Crippen LogP contribution in [0.2, 0.25) is 0 Å². The molecular formula is C9H8N2O3. The second-order valence-electron chi connectivity index (χ2n) is 2.77. The Labute approximate surface area is 79.3 Å². The van der Waals surface area contributed by atoms with Crippen molar-refractivity contribution < 1.29 is 14.6 Å². The number of methoxy groups -OCH3 is 1. The molecule has 0 fully saturated rings. The molecule has 14 heavy (non-hydrogen) atoms. The van der Waals surface area contributed by atoms with Gasteiger partial charge in [0.1, 0.15) is 11.2 Å². The topological polar surface area (TPSA) is 75.2 Å². The van der Waals surface area contributed by atoms with Crippen LogP contribution in [0, 0.1) is 0 Å². The van der Waals surface area contributed by atoms with Gasteiger partial charge < -0.3 is 14.8 Å². The number of carboxylic acid groups (broad SMARTS) is 1. The van der Waals surface area contributed by atoms with Gasteiger partial charge in [-0.15, -0.1) is 0 Å². The van der Waals surface area contributed by atoms with Crippen LogP contribution >= 0.6 is 0 Å². The van der Waals surface area contributed by atoms with Crippen molar-refractivity contribution in [3.8, 4) is 5.88 Å². The Bertz CT molecular complexity index is 490. The van der Waals surface area contributed by atoms with Gasteiger partial charge in [0, 0.05) is 11.6 Å². The standard InChI is InChI=1S/C9H8N2O3/c1-14-8-7-5(2-3-10-8)4-6(11-7)9(12)13/h2-4,11H,1H3,(H,12,13). The average Bonchev–Trinajstić information content (AvgIpc) is 2.60. The maximum atomic E-state index is 10.7. The molecule has 0 bridgehead atoms. The van der Waals surface area contributed by atoms with E-state index in [1.807, 2.05) is 0 Å². The number of H-pyrrole nitrogens is 1. The van der Waals surface area contributed by atoms with Crippen molar-refractivity contribution in [2.45, 2.75) is 0 Å². The number of fused-ring (bicyclic) bond motifs is 1. The Morgan fingerprint density at radius 2 is 2.43 bits per heavy atom.